The van der Waals surface area contributed by atoms with E-state index in [1.165, 1.54) is 0 Å². The number of furan rings is 2. The topological polar surface area (TPSA) is 43.4 Å². The lowest BCUT2D eigenvalue weighted by Gasteiger charge is -1.98. The number of hydrogen-bond acceptors (Lipinski definition) is 3. The van der Waals surface area contributed by atoms with E-state index >= 15 is 0 Å². The molecule has 3 heteroatoms. The third kappa shape index (κ3) is 3.63. The molecule has 0 aliphatic rings. The molecule has 0 saturated heterocycles. The first-order chi connectivity index (χ1) is 8.24. The quantitative estimate of drug-likeness (QED) is 0.767. The van der Waals surface area contributed by atoms with Crippen molar-refractivity contribution in [3.05, 3.63) is 47.8 Å². The molecule has 0 N–H and O–H groups in total. The highest BCUT2D eigenvalue weighted by atomic mass is 16.3. The van der Waals surface area contributed by atoms with E-state index in [9.17, 15) is 4.79 Å². The Bertz CT molecular complexity index is 465. The van der Waals surface area contributed by atoms with Crippen molar-refractivity contribution in [3.8, 4) is 0 Å². The highest BCUT2D eigenvalue weighted by Gasteiger charge is 2.06. The van der Waals surface area contributed by atoms with Crippen LogP contribution in [0.3, 0.4) is 0 Å². The van der Waals surface area contributed by atoms with Gasteiger partial charge in [-0.25, -0.2) is 0 Å². The van der Waals surface area contributed by atoms with Crippen molar-refractivity contribution < 1.29 is 13.6 Å². The minimum absolute atomic E-state index is 0.246. The lowest BCUT2D eigenvalue weighted by molar-refractivity contribution is -0.119. The summed E-state index contributed by atoms with van der Waals surface area (Å²) in [6.45, 7) is 1.90. The molecule has 0 fully saturated rings. The molecule has 0 radical (unpaired) electrons. The predicted molar refractivity (Wildman–Crippen MR) is 63.8 cm³/mol. The first kappa shape index (κ1) is 11.7. The van der Waals surface area contributed by atoms with Crippen LogP contribution in [0.1, 0.15) is 30.1 Å². The van der Waals surface area contributed by atoms with Crippen LogP contribution in [0, 0.1) is 6.92 Å². The van der Waals surface area contributed by atoms with Gasteiger partial charge in [-0.05, 0) is 31.2 Å². The van der Waals surface area contributed by atoms with Crippen molar-refractivity contribution in [2.75, 3.05) is 0 Å². The van der Waals surface area contributed by atoms with Crippen LogP contribution in [-0.2, 0) is 17.6 Å². The minimum atomic E-state index is 0.246. The first-order valence-corrected chi connectivity index (χ1v) is 5.83. The van der Waals surface area contributed by atoms with Crippen molar-refractivity contribution in [3.63, 3.8) is 0 Å². The summed E-state index contributed by atoms with van der Waals surface area (Å²) >= 11 is 0. The zero-order valence-electron chi connectivity index (χ0n) is 9.94. The molecule has 0 aliphatic heterocycles. The van der Waals surface area contributed by atoms with Crippen LogP contribution >= 0.6 is 0 Å². The van der Waals surface area contributed by atoms with Crippen molar-refractivity contribution >= 4 is 5.78 Å². The van der Waals surface area contributed by atoms with E-state index in [2.05, 4.69) is 0 Å². The molecule has 0 bridgehead atoms. The molecule has 2 heterocycles. The van der Waals surface area contributed by atoms with Gasteiger partial charge in [-0.2, -0.15) is 0 Å². The van der Waals surface area contributed by atoms with E-state index < -0.39 is 0 Å². The van der Waals surface area contributed by atoms with Crippen LogP contribution in [0.25, 0.3) is 0 Å². The molecule has 0 unspecified atom stereocenters. The fourth-order valence-corrected chi connectivity index (χ4v) is 1.72. The standard InChI is InChI=1S/C14H16O3/c1-11-4-7-14(17-11)9-6-12(15)5-8-13-3-2-10-16-13/h2-4,7,10H,5-6,8-9H2,1H3. The highest BCUT2D eigenvalue weighted by Crippen LogP contribution is 2.10. The Morgan fingerprint density at radius 3 is 2.47 bits per heavy atom. The van der Waals surface area contributed by atoms with Crippen molar-refractivity contribution in [1.82, 2.24) is 0 Å². The molecule has 17 heavy (non-hydrogen) atoms. The molecular formula is C14H16O3. The van der Waals surface area contributed by atoms with Crippen LogP contribution in [0.15, 0.2) is 39.4 Å². The SMILES string of the molecule is Cc1ccc(CCC(=O)CCc2ccco2)o1. The fourth-order valence-electron chi connectivity index (χ4n) is 1.72. The molecule has 0 aromatic carbocycles. The van der Waals surface area contributed by atoms with E-state index in [0.29, 0.717) is 25.7 Å². The number of carbonyl (C=O) groups excluding carboxylic acids is 1. The predicted octanol–water partition coefficient (Wildman–Crippen LogP) is 3.32. The summed E-state index contributed by atoms with van der Waals surface area (Å²) in [5, 5.41) is 0. The van der Waals surface area contributed by atoms with Crippen LogP contribution in [0.5, 0.6) is 0 Å². The van der Waals surface area contributed by atoms with Crippen LogP contribution in [-0.4, -0.2) is 5.78 Å². The van der Waals surface area contributed by atoms with Gasteiger partial charge >= 0.3 is 0 Å². The Morgan fingerprint density at radius 1 is 1.12 bits per heavy atom. The summed E-state index contributed by atoms with van der Waals surface area (Å²) in [7, 11) is 0. The summed E-state index contributed by atoms with van der Waals surface area (Å²) in [4.78, 5) is 11.6. The number of rotatable bonds is 6. The summed E-state index contributed by atoms with van der Waals surface area (Å²) in [5.41, 5.74) is 0. The van der Waals surface area contributed by atoms with Gasteiger partial charge in [-0.3, -0.25) is 4.79 Å². The van der Waals surface area contributed by atoms with Gasteiger partial charge in [-0.15, -0.1) is 0 Å². The zero-order chi connectivity index (χ0) is 12.1. The number of hydrogen-bond donors (Lipinski definition) is 0. The van der Waals surface area contributed by atoms with Gasteiger partial charge < -0.3 is 8.83 Å². The molecule has 2 aromatic heterocycles. The molecule has 0 amide bonds. The van der Waals surface area contributed by atoms with Gasteiger partial charge in [0.1, 0.15) is 23.1 Å². The normalized spacial score (nSPS) is 10.6. The highest BCUT2D eigenvalue weighted by molar-refractivity contribution is 5.78. The molecular weight excluding hydrogens is 216 g/mol. The van der Waals surface area contributed by atoms with Crippen LogP contribution in [0.4, 0.5) is 0 Å². The second-order valence-electron chi connectivity index (χ2n) is 4.13. The van der Waals surface area contributed by atoms with Gasteiger partial charge in [0.2, 0.25) is 0 Å². The summed E-state index contributed by atoms with van der Waals surface area (Å²) < 4.78 is 10.6. The average Bonchev–Trinajstić information content (AvgIpc) is 2.95. The van der Waals surface area contributed by atoms with E-state index in [1.807, 2.05) is 31.2 Å². The monoisotopic (exact) mass is 232 g/mol. The summed E-state index contributed by atoms with van der Waals surface area (Å²) in [6.07, 6.45) is 4.07. The fraction of sp³-hybridized carbons (Fsp3) is 0.357. The Balaban J connectivity index is 1.71. The van der Waals surface area contributed by atoms with Gasteiger partial charge in [0, 0.05) is 25.7 Å². The molecule has 0 atom stereocenters. The van der Waals surface area contributed by atoms with Gasteiger partial charge in [0.15, 0.2) is 0 Å². The second-order valence-corrected chi connectivity index (χ2v) is 4.13. The third-order valence-electron chi connectivity index (χ3n) is 2.68. The molecule has 2 aromatic rings. The molecule has 90 valence electrons. The minimum Gasteiger partial charge on any atom is -0.469 e. The van der Waals surface area contributed by atoms with Crippen molar-refractivity contribution in [2.24, 2.45) is 0 Å². The first-order valence-electron chi connectivity index (χ1n) is 5.83. The number of Topliss-reactive ketones (excluding diaryl/α,β-unsaturated/α-hetero) is 1. The van der Waals surface area contributed by atoms with Crippen LogP contribution < -0.4 is 0 Å². The maximum absolute atomic E-state index is 11.6. The number of carbonyl (C=O) groups is 1. The van der Waals surface area contributed by atoms with Crippen LogP contribution in [0.2, 0.25) is 0 Å². The third-order valence-corrected chi connectivity index (χ3v) is 2.68. The largest absolute Gasteiger partial charge is 0.469 e. The van der Waals surface area contributed by atoms with E-state index in [1.54, 1.807) is 6.26 Å². The van der Waals surface area contributed by atoms with E-state index in [-0.39, 0.29) is 5.78 Å². The van der Waals surface area contributed by atoms with Crippen molar-refractivity contribution in [1.29, 1.82) is 0 Å². The van der Waals surface area contributed by atoms with Gasteiger partial charge in [-0.1, -0.05) is 0 Å². The van der Waals surface area contributed by atoms with Crippen molar-refractivity contribution in [2.45, 2.75) is 32.6 Å². The smallest absolute Gasteiger partial charge is 0.133 e. The maximum atomic E-state index is 11.6. The van der Waals surface area contributed by atoms with Gasteiger partial charge in [0.25, 0.3) is 0 Å². The van der Waals surface area contributed by atoms with E-state index in [4.69, 9.17) is 8.83 Å². The summed E-state index contributed by atoms with van der Waals surface area (Å²) in [6, 6.07) is 7.58. The number of aryl methyl sites for hydroxylation is 3. The molecule has 0 spiro atoms. The maximum Gasteiger partial charge on any atom is 0.133 e. The Hall–Kier alpha value is -1.77. The molecule has 2 rings (SSSR count). The number of ketones is 1. The Labute approximate surface area is 100 Å². The Kier molecular flexibility index (Phi) is 3.81. The molecule has 0 aliphatic carbocycles. The van der Waals surface area contributed by atoms with Gasteiger partial charge in [0.05, 0.1) is 6.26 Å². The molecule has 0 saturated carbocycles. The Morgan fingerprint density at radius 2 is 1.88 bits per heavy atom. The van der Waals surface area contributed by atoms with E-state index in [0.717, 1.165) is 17.3 Å². The summed E-state index contributed by atoms with van der Waals surface area (Å²) in [5.74, 6) is 2.89. The average molecular weight is 232 g/mol. The lowest BCUT2D eigenvalue weighted by Crippen LogP contribution is -2.01. The second kappa shape index (κ2) is 5.53. The zero-order valence-corrected chi connectivity index (χ0v) is 9.94. The lowest BCUT2D eigenvalue weighted by atomic mass is 10.1. The molecule has 3 nitrogen and oxygen atoms in total.